The molecule has 0 saturated carbocycles. The standard InChI is InChI=1S/C27H21FN2O4S/c1-14-8-9-15(2)18(12-14)24(31)22-23(17-6-4-5-7-19(17)28)30(26(33)25(22)32)27-29-20-11-10-16(34-3)13-21(20)35-27/h4-13,23,31H,1-3H3/b24-22+. The number of halogens is 1. The van der Waals surface area contributed by atoms with Crippen molar-refractivity contribution >= 4 is 44.1 Å². The molecule has 176 valence electrons. The average Bonchev–Trinajstić information content (AvgIpc) is 3.38. The van der Waals surface area contributed by atoms with E-state index in [0.717, 1.165) is 15.8 Å². The van der Waals surface area contributed by atoms with Crippen LogP contribution in [-0.4, -0.2) is 28.9 Å². The number of benzene rings is 3. The molecule has 8 heteroatoms. The molecule has 0 radical (unpaired) electrons. The molecule has 1 N–H and O–H groups in total. The number of hydrogen-bond donors (Lipinski definition) is 1. The molecule has 6 nitrogen and oxygen atoms in total. The Balaban J connectivity index is 1.76. The van der Waals surface area contributed by atoms with Crippen LogP contribution in [0.1, 0.15) is 28.3 Å². The number of ketones is 1. The summed E-state index contributed by atoms with van der Waals surface area (Å²) in [5.41, 5.74) is 2.53. The van der Waals surface area contributed by atoms with Crippen LogP contribution in [0, 0.1) is 19.7 Å². The number of thiazole rings is 1. The van der Waals surface area contributed by atoms with Gasteiger partial charge in [0.1, 0.15) is 23.4 Å². The van der Waals surface area contributed by atoms with E-state index < -0.39 is 23.5 Å². The molecule has 1 atom stereocenters. The highest BCUT2D eigenvalue weighted by Gasteiger charge is 2.49. The van der Waals surface area contributed by atoms with Gasteiger partial charge in [-0.3, -0.25) is 14.5 Å². The lowest BCUT2D eigenvalue weighted by Crippen LogP contribution is -2.29. The Morgan fingerprint density at radius 1 is 1.09 bits per heavy atom. The van der Waals surface area contributed by atoms with Gasteiger partial charge in [-0.05, 0) is 49.7 Å². The van der Waals surface area contributed by atoms with Gasteiger partial charge in [0.05, 0.1) is 22.9 Å². The average molecular weight is 489 g/mol. The summed E-state index contributed by atoms with van der Waals surface area (Å²) < 4.78 is 21.1. The molecule has 1 saturated heterocycles. The van der Waals surface area contributed by atoms with Crippen LogP contribution in [0.25, 0.3) is 16.0 Å². The molecule has 3 aromatic carbocycles. The van der Waals surface area contributed by atoms with Crippen LogP contribution in [0.4, 0.5) is 9.52 Å². The highest BCUT2D eigenvalue weighted by atomic mass is 32.1. The first-order chi connectivity index (χ1) is 16.8. The summed E-state index contributed by atoms with van der Waals surface area (Å²) >= 11 is 1.18. The number of amides is 1. The van der Waals surface area contributed by atoms with Crippen molar-refractivity contribution in [1.82, 2.24) is 4.98 Å². The van der Waals surface area contributed by atoms with Crippen LogP contribution >= 0.6 is 11.3 Å². The quantitative estimate of drug-likeness (QED) is 0.227. The van der Waals surface area contributed by atoms with Crippen LogP contribution < -0.4 is 9.64 Å². The fraction of sp³-hybridized carbons (Fsp3) is 0.148. The number of rotatable bonds is 4. The molecule has 1 aliphatic rings. The first-order valence-electron chi connectivity index (χ1n) is 10.9. The lowest BCUT2D eigenvalue weighted by Gasteiger charge is -2.23. The molecule has 0 spiro atoms. The maximum absolute atomic E-state index is 15.1. The third-order valence-electron chi connectivity index (χ3n) is 6.08. The van der Waals surface area contributed by atoms with E-state index in [2.05, 4.69) is 4.98 Å². The largest absolute Gasteiger partial charge is 0.507 e. The van der Waals surface area contributed by atoms with E-state index in [-0.39, 0.29) is 22.0 Å². The fourth-order valence-electron chi connectivity index (χ4n) is 4.28. The maximum atomic E-state index is 15.1. The lowest BCUT2D eigenvalue weighted by atomic mass is 9.93. The van der Waals surface area contributed by atoms with Gasteiger partial charge in [0, 0.05) is 11.1 Å². The zero-order valence-corrected chi connectivity index (χ0v) is 20.0. The van der Waals surface area contributed by atoms with Crippen molar-refractivity contribution in [1.29, 1.82) is 0 Å². The number of aliphatic hydroxyl groups excluding tert-OH is 1. The maximum Gasteiger partial charge on any atom is 0.301 e. The zero-order chi connectivity index (χ0) is 24.9. The number of hydrogen-bond acceptors (Lipinski definition) is 6. The summed E-state index contributed by atoms with van der Waals surface area (Å²) in [7, 11) is 1.55. The minimum Gasteiger partial charge on any atom is -0.507 e. The van der Waals surface area contributed by atoms with Crippen molar-refractivity contribution in [2.75, 3.05) is 12.0 Å². The normalized spacial score (nSPS) is 17.4. The molecule has 1 aromatic heterocycles. The topological polar surface area (TPSA) is 79.7 Å². The molecule has 5 rings (SSSR count). The van der Waals surface area contributed by atoms with Gasteiger partial charge < -0.3 is 9.84 Å². The number of methoxy groups -OCH3 is 1. The van der Waals surface area contributed by atoms with Gasteiger partial charge in [0.25, 0.3) is 5.78 Å². The van der Waals surface area contributed by atoms with E-state index in [4.69, 9.17) is 4.74 Å². The van der Waals surface area contributed by atoms with Gasteiger partial charge in [-0.2, -0.15) is 0 Å². The van der Waals surface area contributed by atoms with Crippen molar-refractivity contribution < 1.29 is 23.8 Å². The Morgan fingerprint density at radius 3 is 2.60 bits per heavy atom. The predicted octanol–water partition coefficient (Wildman–Crippen LogP) is 5.69. The number of anilines is 1. The van der Waals surface area contributed by atoms with E-state index in [1.54, 1.807) is 44.4 Å². The van der Waals surface area contributed by atoms with Crippen molar-refractivity contribution in [3.63, 3.8) is 0 Å². The van der Waals surface area contributed by atoms with E-state index in [1.165, 1.54) is 34.4 Å². The second-order valence-electron chi connectivity index (χ2n) is 8.34. The highest BCUT2D eigenvalue weighted by molar-refractivity contribution is 7.22. The Morgan fingerprint density at radius 2 is 1.86 bits per heavy atom. The van der Waals surface area contributed by atoms with Crippen LogP contribution in [0.2, 0.25) is 0 Å². The number of aliphatic hydroxyl groups is 1. The molecular weight excluding hydrogens is 467 g/mol. The molecule has 1 aliphatic heterocycles. The SMILES string of the molecule is COc1ccc2nc(N3C(=O)C(=O)/C(=C(/O)c4cc(C)ccc4C)C3c3ccccc3F)sc2c1. The van der Waals surface area contributed by atoms with E-state index in [9.17, 15) is 14.7 Å². The molecule has 2 heterocycles. The third-order valence-corrected chi connectivity index (χ3v) is 7.10. The van der Waals surface area contributed by atoms with Gasteiger partial charge in [-0.15, -0.1) is 0 Å². The second-order valence-corrected chi connectivity index (χ2v) is 9.35. The minimum absolute atomic E-state index is 0.0930. The summed E-state index contributed by atoms with van der Waals surface area (Å²) in [6.45, 7) is 3.65. The third kappa shape index (κ3) is 3.76. The Labute approximate surface area is 204 Å². The molecule has 1 amide bonds. The highest BCUT2D eigenvalue weighted by Crippen LogP contribution is 2.45. The van der Waals surface area contributed by atoms with Crippen LogP contribution in [0.3, 0.4) is 0 Å². The zero-order valence-electron chi connectivity index (χ0n) is 19.2. The summed E-state index contributed by atoms with van der Waals surface area (Å²) in [6.07, 6.45) is 0. The van der Waals surface area contributed by atoms with E-state index in [1.807, 2.05) is 19.1 Å². The van der Waals surface area contributed by atoms with Gasteiger partial charge in [0.2, 0.25) is 0 Å². The Hall–Kier alpha value is -4.04. The van der Waals surface area contributed by atoms with Crippen molar-refractivity contribution in [2.24, 2.45) is 0 Å². The predicted molar refractivity (Wildman–Crippen MR) is 133 cm³/mol. The van der Waals surface area contributed by atoms with Gasteiger partial charge >= 0.3 is 5.91 Å². The Bertz CT molecular complexity index is 1540. The van der Waals surface area contributed by atoms with Crippen LogP contribution in [-0.2, 0) is 9.59 Å². The molecule has 1 fully saturated rings. The van der Waals surface area contributed by atoms with E-state index in [0.29, 0.717) is 16.8 Å². The van der Waals surface area contributed by atoms with Crippen molar-refractivity contribution in [3.8, 4) is 5.75 Å². The summed E-state index contributed by atoms with van der Waals surface area (Å²) in [5, 5.41) is 11.6. The second kappa shape index (κ2) is 8.63. The molecule has 35 heavy (non-hydrogen) atoms. The van der Waals surface area contributed by atoms with Crippen LogP contribution in [0.15, 0.2) is 66.2 Å². The smallest absolute Gasteiger partial charge is 0.301 e. The molecular formula is C27H21FN2O4S. The summed E-state index contributed by atoms with van der Waals surface area (Å²) in [4.78, 5) is 32.4. The number of carbonyl (C=O) groups is 2. The minimum atomic E-state index is -1.18. The number of aromatic nitrogens is 1. The Kier molecular flexibility index (Phi) is 5.61. The van der Waals surface area contributed by atoms with Gasteiger partial charge in [-0.25, -0.2) is 9.37 Å². The van der Waals surface area contributed by atoms with Gasteiger partial charge in [0.15, 0.2) is 5.13 Å². The van der Waals surface area contributed by atoms with Gasteiger partial charge in [-0.1, -0.05) is 47.2 Å². The van der Waals surface area contributed by atoms with Crippen LogP contribution in [0.5, 0.6) is 5.75 Å². The lowest BCUT2D eigenvalue weighted by molar-refractivity contribution is -0.132. The first kappa shape index (κ1) is 22.7. The monoisotopic (exact) mass is 488 g/mol. The molecule has 0 bridgehead atoms. The van der Waals surface area contributed by atoms with Crippen molar-refractivity contribution in [2.45, 2.75) is 19.9 Å². The number of nitrogens with zero attached hydrogens (tertiary/aromatic N) is 2. The number of carbonyl (C=O) groups excluding carboxylic acids is 2. The summed E-state index contributed by atoms with van der Waals surface area (Å²) in [6, 6.07) is 15.4. The van der Waals surface area contributed by atoms with Crippen molar-refractivity contribution in [3.05, 3.63) is 94.3 Å². The molecule has 1 unspecified atom stereocenters. The summed E-state index contributed by atoms with van der Waals surface area (Å²) in [5.74, 6) is -2.10. The number of fused-ring (bicyclic) bond motifs is 1. The van der Waals surface area contributed by atoms with E-state index >= 15 is 4.39 Å². The number of Topliss-reactive ketones (excluding diaryl/α,β-unsaturated/α-hetero) is 1. The number of ether oxygens (including phenoxy) is 1. The first-order valence-corrected chi connectivity index (χ1v) is 11.7. The molecule has 4 aromatic rings. The molecule has 0 aliphatic carbocycles. The number of aryl methyl sites for hydroxylation is 2. The fourth-order valence-corrected chi connectivity index (χ4v) is 5.30.